The normalized spacial score (nSPS) is 17.7. The van der Waals surface area contributed by atoms with Gasteiger partial charge in [-0.25, -0.2) is 4.98 Å². The number of hydrogen-bond donors (Lipinski definition) is 3. The number of aliphatic carboxylic acids is 1. The number of imidazole rings is 1. The summed E-state index contributed by atoms with van der Waals surface area (Å²) >= 11 is 0. The number of nitrogens with zero attached hydrogens (tertiary/aromatic N) is 2. The standard InChI is InChI=1S/C39H41N3O6/c43-25-27-14-16-29(17-15-27)36-22-32(24-42-26-41-34-10-6-7-11-35(34)42)47-39(48-36)30-20-18-28(19-21-30)33-9-5-4-8-31(33)23-40-37(44)12-2-1-3-13-38(45)46/h4-11,14-21,26,32,36,39,43H,1-3,12-13,22-25H2,(H,40,44)(H,45,46)/t32-,36+,39+/m0/s1. The second-order valence-corrected chi connectivity index (χ2v) is 12.2. The number of hydrogen-bond acceptors (Lipinski definition) is 6. The number of aromatic nitrogens is 2. The third-order valence-corrected chi connectivity index (χ3v) is 8.82. The summed E-state index contributed by atoms with van der Waals surface area (Å²) in [6, 6.07) is 32.2. The Balaban J connectivity index is 1.15. The fourth-order valence-electron chi connectivity index (χ4n) is 6.20. The van der Waals surface area contributed by atoms with Crippen LogP contribution in [0.5, 0.6) is 0 Å². The molecule has 3 N–H and O–H groups in total. The summed E-state index contributed by atoms with van der Waals surface area (Å²) in [5.74, 6) is -0.846. The Bertz CT molecular complexity index is 1820. The van der Waals surface area contributed by atoms with Gasteiger partial charge >= 0.3 is 5.97 Å². The van der Waals surface area contributed by atoms with Crippen LogP contribution in [-0.4, -0.2) is 37.7 Å². The molecule has 1 aliphatic rings. The Morgan fingerprint density at radius 3 is 2.35 bits per heavy atom. The lowest BCUT2D eigenvalue weighted by Gasteiger charge is -2.36. The third kappa shape index (κ3) is 8.36. The Hall–Kier alpha value is -4.83. The highest BCUT2D eigenvalue weighted by Crippen LogP contribution is 2.39. The molecule has 1 amide bonds. The highest BCUT2D eigenvalue weighted by Gasteiger charge is 2.32. The molecule has 9 nitrogen and oxygen atoms in total. The molecule has 48 heavy (non-hydrogen) atoms. The molecule has 0 saturated carbocycles. The minimum absolute atomic E-state index is 0.00804. The van der Waals surface area contributed by atoms with Gasteiger partial charge in [0.15, 0.2) is 6.29 Å². The molecule has 1 aliphatic heterocycles. The summed E-state index contributed by atoms with van der Waals surface area (Å²) < 4.78 is 15.3. The SMILES string of the molecule is O=C(O)CCCCCC(=O)NCc1ccccc1-c1ccc([C@@H]2O[C@H](Cn3cnc4ccccc43)C[C@H](c3ccc(CO)cc3)O2)cc1. The van der Waals surface area contributed by atoms with Crippen molar-refractivity contribution in [2.24, 2.45) is 0 Å². The third-order valence-electron chi connectivity index (χ3n) is 8.82. The smallest absolute Gasteiger partial charge is 0.303 e. The van der Waals surface area contributed by atoms with E-state index >= 15 is 0 Å². The van der Waals surface area contributed by atoms with Gasteiger partial charge in [-0.15, -0.1) is 0 Å². The Kier molecular flexibility index (Phi) is 10.9. The van der Waals surface area contributed by atoms with Crippen LogP contribution in [0.25, 0.3) is 22.2 Å². The van der Waals surface area contributed by atoms with Crippen molar-refractivity contribution >= 4 is 22.9 Å². The summed E-state index contributed by atoms with van der Waals surface area (Å²) in [6.45, 7) is 1.03. The van der Waals surface area contributed by atoms with E-state index in [1.54, 1.807) is 0 Å². The molecule has 2 heterocycles. The number of rotatable bonds is 14. The number of unbranched alkanes of at least 4 members (excludes halogenated alkanes) is 2. The van der Waals surface area contributed by atoms with Crippen molar-refractivity contribution in [3.8, 4) is 11.1 Å². The van der Waals surface area contributed by atoms with Gasteiger partial charge in [0.2, 0.25) is 5.91 Å². The fourth-order valence-corrected chi connectivity index (χ4v) is 6.20. The van der Waals surface area contributed by atoms with Gasteiger partial charge in [0.25, 0.3) is 0 Å². The van der Waals surface area contributed by atoms with Gasteiger partial charge in [0.05, 0.1) is 42.7 Å². The number of fused-ring (bicyclic) bond motifs is 1. The molecule has 9 heteroatoms. The van der Waals surface area contributed by atoms with E-state index in [4.69, 9.17) is 14.6 Å². The molecule has 1 aromatic heterocycles. The van der Waals surface area contributed by atoms with Crippen LogP contribution in [0.1, 0.15) is 73.2 Å². The first-order valence-electron chi connectivity index (χ1n) is 16.5. The summed E-state index contributed by atoms with van der Waals surface area (Å²) in [5.41, 5.74) is 7.86. The number of para-hydroxylation sites is 2. The summed E-state index contributed by atoms with van der Waals surface area (Å²) in [4.78, 5) is 27.7. The van der Waals surface area contributed by atoms with Gasteiger partial charge in [-0.2, -0.15) is 0 Å². The van der Waals surface area contributed by atoms with E-state index in [0.717, 1.165) is 50.8 Å². The van der Waals surface area contributed by atoms with Gasteiger partial charge in [-0.1, -0.05) is 91.3 Å². The fraction of sp³-hybridized carbons (Fsp3) is 0.308. The van der Waals surface area contributed by atoms with E-state index in [-0.39, 0.29) is 31.1 Å². The van der Waals surface area contributed by atoms with Gasteiger partial charge < -0.3 is 29.6 Å². The molecule has 6 rings (SSSR count). The molecule has 1 fully saturated rings. The lowest BCUT2D eigenvalue weighted by molar-refractivity contribution is -0.252. The summed E-state index contributed by atoms with van der Waals surface area (Å²) in [6.07, 6.45) is 4.10. The first kappa shape index (κ1) is 33.1. The molecular formula is C39H41N3O6. The van der Waals surface area contributed by atoms with E-state index in [2.05, 4.69) is 33.1 Å². The summed E-state index contributed by atoms with van der Waals surface area (Å²) in [5, 5.41) is 21.3. The van der Waals surface area contributed by atoms with Gasteiger partial charge in [-0.3, -0.25) is 9.59 Å². The predicted molar refractivity (Wildman–Crippen MR) is 183 cm³/mol. The monoisotopic (exact) mass is 647 g/mol. The molecule has 0 aliphatic carbocycles. The van der Waals surface area contributed by atoms with Crippen molar-refractivity contribution in [3.05, 3.63) is 126 Å². The van der Waals surface area contributed by atoms with E-state index in [9.17, 15) is 14.7 Å². The van der Waals surface area contributed by atoms with E-state index in [0.29, 0.717) is 38.8 Å². The van der Waals surface area contributed by atoms with Crippen LogP contribution >= 0.6 is 0 Å². The van der Waals surface area contributed by atoms with Crippen LogP contribution < -0.4 is 5.32 Å². The minimum atomic E-state index is -0.805. The second-order valence-electron chi connectivity index (χ2n) is 12.2. The lowest BCUT2D eigenvalue weighted by Crippen LogP contribution is -2.32. The quantitative estimate of drug-likeness (QED) is 0.110. The van der Waals surface area contributed by atoms with Gasteiger partial charge in [0.1, 0.15) is 0 Å². The van der Waals surface area contributed by atoms with Gasteiger partial charge in [-0.05, 0) is 52.8 Å². The van der Waals surface area contributed by atoms with Crippen molar-refractivity contribution in [1.82, 2.24) is 14.9 Å². The number of carboxylic acid groups (broad SMARTS) is 1. The van der Waals surface area contributed by atoms with Crippen LogP contribution in [0.3, 0.4) is 0 Å². The first-order chi connectivity index (χ1) is 23.5. The van der Waals surface area contributed by atoms with Crippen molar-refractivity contribution in [1.29, 1.82) is 0 Å². The number of aliphatic hydroxyl groups excluding tert-OH is 1. The Labute approximate surface area is 280 Å². The molecule has 0 spiro atoms. The van der Waals surface area contributed by atoms with Crippen LogP contribution in [0.4, 0.5) is 0 Å². The molecule has 5 aromatic rings. The zero-order valence-electron chi connectivity index (χ0n) is 26.8. The second kappa shape index (κ2) is 15.8. The first-order valence-corrected chi connectivity index (χ1v) is 16.5. The molecule has 4 aromatic carbocycles. The van der Waals surface area contributed by atoms with Crippen LogP contribution in [0.2, 0.25) is 0 Å². The Morgan fingerprint density at radius 2 is 1.56 bits per heavy atom. The maximum atomic E-state index is 12.5. The number of carbonyl (C=O) groups excluding carboxylic acids is 1. The zero-order valence-corrected chi connectivity index (χ0v) is 26.8. The van der Waals surface area contributed by atoms with E-state index in [1.807, 2.05) is 85.2 Å². The number of carboxylic acids is 1. The van der Waals surface area contributed by atoms with Crippen molar-refractivity contribution in [2.75, 3.05) is 0 Å². The highest BCUT2D eigenvalue weighted by molar-refractivity contribution is 5.77. The van der Waals surface area contributed by atoms with E-state index in [1.165, 1.54) is 0 Å². The minimum Gasteiger partial charge on any atom is -0.481 e. The largest absolute Gasteiger partial charge is 0.481 e. The molecule has 3 atom stereocenters. The maximum Gasteiger partial charge on any atom is 0.303 e. The van der Waals surface area contributed by atoms with Crippen LogP contribution in [0.15, 0.2) is 103 Å². The maximum absolute atomic E-state index is 12.5. The molecule has 1 saturated heterocycles. The van der Waals surface area contributed by atoms with Gasteiger partial charge in [0, 0.05) is 31.4 Å². The molecule has 0 radical (unpaired) electrons. The summed E-state index contributed by atoms with van der Waals surface area (Å²) in [7, 11) is 0. The highest BCUT2D eigenvalue weighted by atomic mass is 16.7. The number of ether oxygens (including phenoxy) is 2. The number of aliphatic hydroxyl groups is 1. The van der Waals surface area contributed by atoms with Crippen molar-refractivity contribution < 1.29 is 29.3 Å². The van der Waals surface area contributed by atoms with Crippen LogP contribution in [-0.2, 0) is 38.8 Å². The zero-order chi connectivity index (χ0) is 33.3. The molecule has 248 valence electrons. The number of benzene rings is 4. The number of amides is 1. The topological polar surface area (TPSA) is 123 Å². The molecule has 0 bridgehead atoms. The van der Waals surface area contributed by atoms with Crippen molar-refractivity contribution in [3.63, 3.8) is 0 Å². The lowest BCUT2D eigenvalue weighted by atomic mass is 9.97. The number of carbonyl (C=O) groups is 2. The van der Waals surface area contributed by atoms with Crippen LogP contribution in [0, 0.1) is 0 Å². The predicted octanol–water partition coefficient (Wildman–Crippen LogP) is 7.09. The number of nitrogens with one attached hydrogen (secondary N) is 1. The average molecular weight is 648 g/mol. The average Bonchev–Trinajstić information content (AvgIpc) is 3.53. The van der Waals surface area contributed by atoms with E-state index < -0.39 is 12.3 Å². The molecule has 0 unspecified atom stereocenters. The molecular weight excluding hydrogens is 606 g/mol. The Morgan fingerprint density at radius 1 is 0.833 bits per heavy atom. The van der Waals surface area contributed by atoms with Crippen molar-refractivity contribution in [2.45, 2.75) is 76.7 Å².